The number of hydrogen-bond donors (Lipinski definition) is 0. The van der Waals surface area contributed by atoms with Crippen LogP contribution in [0.15, 0.2) is 6.07 Å². The van der Waals surface area contributed by atoms with Gasteiger partial charge >= 0.3 is 5.97 Å². The third kappa shape index (κ3) is 2.38. The van der Waals surface area contributed by atoms with Crippen molar-refractivity contribution in [3.05, 3.63) is 23.1 Å². The molecule has 0 fully saturated rings. The molecule has 0 aliphatic heterocycles. The highest BCUT2D eigenvalue weighted by atomic mass is 16.5. The van der Waals surface area contributed by atoms with Crippen molar-refractivity contribution in [2.75, 3.05) is 13.2 Å². The molecule has 0 saturated heterocycles. The predicted molar refractivity (Wildman–Crippen MR) is 69.6 cm³/mol. The molecule has 2 aromatic heterocycles. The number of esters is 1. The monoisotopic (exact) mass is 263 g/mol. The Balaban J connectivity index is 2.69. The second-order valence-electron chi connectivity index (χ2n) is 4.07. The van der Waals surface area contributed by atoms with E-state index in [1.807, 2.05) is 13.8 Å². The first kappa shape index (κ1) is 13.3. The zero-order valence-electron chi connectivity index (χ0n) is 11.6. The van der Waals surface area contributed by atoms with Crippen LogP contribution in [0.3, 0.4) is 0 Å². The molecule has 6 nitrogen and oxygen atoms in total. The van der Waals surface area contributed by atoms with Gasteiger partial charge in [0.05, 0.1) is 18.9 Å². The van der Waals surface area contributed by atoms with Crippen molar-refractivity contribution >= 4 is 11.7 Å². The largest absolute Gasteiger partial charge is 0.479 e. The zero-order valence-corrected chi connectivity index (χ0v) is 11.6. The van der Waals surface area contributed by atoms with E-state index in [0.29, 0.717) is 36.3 Å². The first-order chi connectivity index (χ1) is 9.08. The first-order valence-corrected chi connectivity index (χ1v) is 6.25. The van der Waals surface area contributed by atoms with Crippen LogP contribution in [0.2, 0.25) is 0 Å². The van der Waals surface area contributed by atoms with Gasteiger partial charge in [-0.15, -0.1) is 0 Å². The topological polar surface area (TPSA) is 65.7 Å². The maximum absolute atomic E-state index is 12.0. The van der Waals surface area contributed by atoms with Crippen LogP contribution in [-0.4, -0.2) is 33.6 Å². The highest BCUT2D eigenvalue weighted by Gasteiger charge is 2.21. The van der Waals surface area contributed by atoms with Gasteiger partial charge in [-0.05, 0) is 27.7 Å². The van der Waals surface area contributed by atoms with Gasteiger partial charge < -0.3 is 9.47 Å². The lowest BCUT2D eigenvalue weighted by atomic mass is 10.3. The Kier molecular flexibility index (Phi) is 3.69. The molecule has 19 heavy (non-hydrogen) atoms. The summed E-state index contributed by atoms with van der Waals surface area (Å²) in [5.74, 6) is 0.580. The van der Waals surface area contributed by atoms with E-state index in [1.54, 1.807) is 24.3 Å². The number of aromatic nitrogens is 3. The fraction of sp³-hybridized carbons (Fsp3) is 0.462. The molecule has 0 radical (unpaired) electrons. The molecule has 0 saturated carbocycles. The molecule has 0 aromatic carbocycles. The summed E-state index contributed by atoms with van der Waals surface area (Å²) in [5.41, 5.74) is 1.74. The number of nitrogens with zero attached hydrogens (tertiary/aromatic N) is 3. The van der Waals surface area contributed by atoms with Crippen molar-refractivity contribution < 1.29 is 14.3 Å². The number of carbonyl (C=O) groups excluding carboxylic acids is 1. The fourth-order valence-corrected chi connectivity index (χ4v) is 1.92. The standard InChI is InChI=1S/C13H17N3O3/c1-5-18-10-7-8(3)14-13-15-9(4)11(16(10)13)12(17)19-6-2/h7H,5-6H2,1-4H3. The summed E-state index contributed by atoms with van der Waals surface area (Å²) in [6.07, 6.45) is 0. The van der Waals surface area contributed by atoms with Crippen molar-refractivity contribution in [2.24, 2.45) is 0 Å². The Morgan fingerprint density at radius 2 is 2.00 bits per heavy atom. The first-order valence-electron chi connectivity index (χ1n) is 6.25. The van der Waals surface area contributed by atoms with Gasteiger partial charge in [0.15, 0.2) is 5.69 Å². The lowest BCUT2D eigenvalue weighted by Gasteiger charge is -2.09. The lowest BCUT2D eigenvalue weighted by molar-refractivity contribution is 0.0516. The van der Waals surface area contributed by atoms with Crippen molar-refractivity contribution in [3.8, 4) is 5.88 Å². The summed E-state index contributed by atoms with van der Waals surface area (Å²) < 4.78 is 12.2. The van der Waals surface area contributed by atoms with E-state index < -0.39 is 5.97 Å². The van der Waals surface area contributed by atoms with Crippen molar-refractivity contribution in [2.45, 2.75) is 27.7 Å². The second-order valence-corrected chi connectivity index (χ2v) is 4.07. The second kappa shape index (κ2) is 5.26. The molecule has 0 unspecified atom stereocenters. The molecular formula is C13H17N3O3. The summed E-state index contributed by atoms with van der Waals surface area (Å²) in [7, 11) is 0. The Bertz CT molecular complexity index is 619. The van der Waals surface area contributed by atoms with Gasteiger partial charge in [0.1, 0.15) is 0 Å². The van der Waals surface area contributed by atoms with Gasteiger partial charge in [-0.1, -0.05) is 0 Å². The molecular weight excluding hydrogens is 246 g/mol. The van der Waals surface area contributed by atoms with Gasteiger partial charge in [0.2, 0.25) is 11.7 Å². The van der Waals surface area contributed by atoms with E-state index in [2.05, 4.69) is 9.97 Å². The minimum absolute atomic E-state index is 0.314. The van der Waals surface area contributed by atoms with Crippen LogP contribution < -0.4 is 4.74 Å². The molecule has 2 aromatic rings. The normalized spacial score (nSPS) is 10.7. The third-order valence-corrected chi connectivity index (χ3v) is 2.62. The van der Waals surface area contributed by atoms with E-state index in [-0.39, 0.29) is 0 Å². The molecule has 0 N–H and O–H groups in total. The quantitative estimate of drug-likeness (QED) is 0.788. The van der Waals surface area contributed by atoms with E-state index in [4.69, 9.17) is 9.47 Å². The van der Waals surface area contributed by atoms with Crippen molar-refractivity contribution in [1.29, 1.82) is 0 Å². The molecule has 0 spiro atoms. The molecule has 2 rings (SSSR count). The van der Waals surface area contributed by atoms with E-state index in [1.165, 1.54) is 0 Å². The summed E-state index contributed by atoms with van der Waals surface area (Å²) in [6, 6.07) is 1.78. The Morgan fingerprint density at radius 1 is 1.26 bits per heavy atom. The zero-order chi connectivity index (χ0) is 14.0. The Morgan fingerprint density at radius 3 is 2.63 bits per heavy atom. The molecule has 0 bridgehead atoms. The summed E-state index contributed by atoms with van der Waals surface area (Å²) in [4.78, 5) is 20.6. The van der Waals surface area contributed by atoms with E-state index in [0.717, 1.165) is 5.69 Å². The molecule has 6 heteroatoms. The maximum atomic E-state index is 12.0. The van der Waals surface area contributed by atoms with Crippen LogP contribution in [0.5, 0.6) is 5.88 Å². The summed E-state index contributed by atoms with van der Waals surface area (Å²) in [6.45, 7) is 8.08. The van der Waals surface area contributed by atoms with Gasteiger partial charge in [0, 0.05) is 11.8 Å². The van der Waals surface area contributed by atoms with Crippen molar-refractivity contribution in [1.82, 2.24) is 14.4 Å². The molecule has 0 aliphatic carbocycles. The summed E-state index contributed by atoms with van der Waals surface area (Å²) in [5, 5.41) is 0. The molecule has 0 amide bonds. The molecule has 0 aliphatic rings. The Labute approximate surface area is 111 Å². The third-order valence-electron chi connectivity index (χ3n) is 2.62. The van der Waals surface area contributed by atoms with Gasteiger partial charge in [-0.2, -0.15) is 0 Å². The maximum Gasteiger partial charge on any atom is 0.357 e. The van der Waals surface area contributed by atoms with Crippen LogP contribution in [0.1, 0.15) is 35.7 Å². The number of imidazole rings is 1. The smallest absolute Gasteiger partial charge is 0.357 e. The van der Waals surface area contributed by atoms with Crippen LogP contribution in [0.25, 0.3) is 5.78 Å². The minimum Gasteiger partial charge on any atom is -0.479 e. The SMILES string of the molecule is CCOC(=O)c1c(C)nc2nc(C)cc(OCC)n12. The van der Waals surface area contributed by atoms with Gasteiger partial charge in [-0.25, -0.2) is 19.2 Å². The number of fused-ring (bicyclic) bond motifs is 1. The fourth-order valence-electron chi connectivity index (χ4n) is 1.92. The number of rotatable bonds is 4. The van der Waals surface area contributed by atoms with Crippen LogP contribution in [-0.2, 0) is 4.74 Å². The highest BCUT2D eigenvalue weighted by molar-refractivity contribution is 5.90. The lowest BCUT2D eigenvalue weighted by Crippen LogP contribution is -2.12. The minimum atomic E-state index is -0.417. The van der Waals surface area contributed by atoms with Gasteiger partial charge in [-0.3, -0.25) is 0 Å². The van der Waals surface area contributed by atoms with Crippen molar-refractivity contribution in [3.63, 3.8) is 0 Å². The van der Waals surface area contributed by atoms with E-state index in [9.17, 15) is 4.79 Å². The summed E-state index contributed by atoms with van der Waals surface area (Å²) >= 11 is 0. The number of ether oxygens (including phenoxy) is 2. The molecule has 0 atom stereocenters. The van der Waals surface area contributed by atoms with Crippen LogP contribution >= 0.6 is 0 Å². The number of carbonyl (C=O) groups is 1. The van der Waals surface area contributed by atoms with E-state index >= 15 is 0 Å². The highest BCUT2D eigenvalue weighted by Crippen LogP contribution is 2.21. The predicted octanol–water partition coefficient (Wildman–Crippen LogP) is 1.92. The number of aryl methyl sites for hydroxylation is 2. The molecule has 102 valence electrons. The molecule has 2 heterocycles. The Hall–Kier alpha value is -2.11. The van der Waals surface area contributed by atoms with Gasteiger partial charge in [0.25, 0.3) is 0 Å². The average Bonchev–Trinajstić information content (AvgIpc) is 2.65. The average molecular weight is 263 g/mol. The van der Waals surface area contributed by atoms with Crippen LogP contribution in [0.4, 0.5) is 0 Å². The van der Waals surface area contributed by atoms with Crippen LogP contribution in [0, 0.1) is 13.8 Å². The number of hydrogen-bond acceptors (Lipinski definition) is 5.